The molecule has 2 amide bonds. The first-order chi connectivity index (χ1) is 14.6. The number of oxazole rings is 1. The molecule has 4 rings (SSSR count). The molecule has 2 N–H and O–H groups in total. The molecule has 30 heavy (non-hydrogen) atoms. The molecule has 156 valence electrons. The lowest BCUT2D eigenvalue weighted by Gasteiger charge is -2.34. The van der Waals surface area contributed by atoms with Gasteiger partial charge in [0.1, 0.15) is 11.5 Å². The molecule has 2 aromatic heterocycles. The van der Waals surface area contributed by atoms with Gasteiger partial charge in [0.2, 0.25) is 17.7 Å². The van der Waals surface area contributed by atoms with E-state index in [-0.39, 0.29) is 24.8 Å². The van der Waals surface area contributed by atoms with E-state index in [0.717, 1.165) is 10.4 Å². The van der Waals surface area contributed by atoms with Crippen LogP contribution in [0.25, 0.3) is 10.8 Å². The minimum atomic E-state index is -0.487. The third-order valence-electron chi connectivity index (χ3n) is 5.13. The summed E-state index contributed by atoms with van der Waals surface area (Å²) in [7, 11) is 0. The minimum absolute atomic E-state index is 0.105. The third kappa shape index (κ3) is 4.77. The number of nitrogens with one attached hydrogen (secondary N) is 2. The summed E-state index contributed by atoms with van der Waals surface area (Å²) < 4.78 is 5.72. The van der Waals surface area contributed by atoms with Crippen LogP contribution in [0.4, 0.5) is 0 Å². The van der Waals surface area contributed by atoms with Crippen LogP contribution in [0.15, 0.2) is 52.3 Å². The zero-order chi connectivity index (χ0) is 20.9. The summed E-state index contributed by atoms with van der Waals surface area (Å²) in [6.45, 7) is 4.05. The number of rotatable bonds is 7. The maximum absolute atomic E-state index is 12.6. The number of carbonyl (C=O) groups is 2. The standard InChI is InChI=1S/C22H24N4O3S/c1-15-17(25-22(29-15)19-8-5-11-30-19)13-24-20(27)12-18-21(28)23-9-10-26(18)14-16-6-3-2-4-7-16/h2-8,11,18H,9-10,12-14H2,1H3,(H,23,28)(H,24,27)/t18-/m1/s1. The van der Waals surface area contributed by atoms with Gasteiger partial charge in [-0.2, -0.15) is 0 Å². The highest BCUT2D eigenvalue weighted by atomic mass is 32.1. The van der Waals surface area contributed by atoms with Crippen molar-refractivity contribution < 1.29 is 14.0 Å². The van der Waals surface area contributed by atoms with Crippen molar-refractivity contribution in [2.24, 2.45) is 0 Å². The van der Waals surface area contributed by atoms with Crippen LogP contribution in [0.1, 0.15) is 23.4 Å². The summed E-state index contributed by atoms with van der Waals surface area (Å²) in [6.07, 6.45) is 0.105. The molecule has 0 saturated carbocycles. The van der Waals surface area contributed by atoms with E-state index in [4.69, 9.17) is 4.42 Å². The highest BCUT2D eigenvalue weighted by molar-refractivity contribution is 7.13. The fourth-order valence-corrected chi connectivity index (χ4v) is 4.17. The molecular weight excluding hydrogens is 400 g/mol. The second-order valence-electron chi connectivity index (χ2n) is 7.24. The number of piperazine rings is 1. The van der Waals surface area contributed by atoms with Gasteiger partial charge in [0.15, 0.2) is 0 Å². The van der Waals surface area contributed by atoms with E-state index in [2.05, 4.69) is 20.5 Å². The third-order valence-corrected chi connectivity index (χ3v) is 5.98. The van der Waals surface area contributed by atoms with Gasteiger partial charge >= 0.3 is 0 Å². The van der Waals surface area contributed by atoms with Crippen molar-refractivity contribution in [1.82, 2.24) is 20.5 Å². The van der Waals surface area contributed by atoms with E-state index in [0.29, 0.717) is 37.0 Å². The van der Waals surface area contributed by atoms with Crippen LogP contribution < -0.4 is 10.6 Å². The molecule has 1 aliphatic heterocycles. The number of hydrogen-bond acceptors (Lipinski definition) is 6. The Kier molecular flexibility index (Phi) is 6.25. The van der Waals surface area contributed by atoms with Gasteiger partial charge in [0.05, 0.1) is 23.9 Å². The molecular formula is C22H24N4O3S. The highest BCUT2D eigenvalue weighted by Gasteiger charge is 2.31. The van der Waals surface area contributed by atoms with Gasteiger partial charge in [-0.05, 0) is 23.9 Å². The lowest BCUT2D eigenvalue weighted by atomic mass is 10.1. The number of nitrogens with zero attached hydrogens (tertiary/aromatic N) is 2. The normalized spacial score (nSPS) is 17.0. The molecule has 0 spiro atoms. The van der Waals surface area contributed by atoms with Crippen molar-refractivity contribution in [3.8, 4) is 10.8 Å². The molecule has 0 aliphatic carbocycles. The van der Waals surface area contributed by atoms with Crippen molar-refractivity contribution in [3.05, 3.63) is 64.9 Å². The SMILES string of the molecule is Cc1oc(-c2cccs2)nc1CNC(=O)C[C@@H]1C(=O)NCCN1Cc1ccccc1. The number of aryl methyl sites for hydroxylation is 1. The summed E-state index contributed by atoms with van der Waals surface area (Å²) >= 11 is 1.55. The number of amides is 2. The lowest BCUT2D eigenvalue weighted by Crippen LogP contribution is -2.56. The molecule has 0 radical (unpaired) electrons. The summed E-state index contributed by atoms with van der Waals surface area (Å²) in [4.78, 5) is 32.5. The Morgan fingerprint density at radius 2 is 2.13 bits per heavy atom. The van der Waals surface area contributed by atoms with Gasteiger partial charge in [-0.15, -0.1) is 11.3 Å². The maximum atomic E-state index is 12.6. The molecule has 0 unspecified atom stereocenters. The van der Waals surface area contributed by atoms with E-state index in [1.807, 2.05) is 54.8 Å². The number of thiophene rings is 1. The lowest BCUT2D eigenvalue weighted by molar-refractivity contribution is -0.134. The van der Waals surface area contributed by atoms with Crippen molar-refractivity contribution in [2.45, 2.75) is 32.5 Å². The number of aromatic nitrogens is 1. The average Bonchev–Trinajstić information content (AvgIpc) is 3.40. The van der Waals surface area contributed by atoms with Gasteiger partial charge in [0.25, 0.3) is 0 Å². The molecule has 8 heteroatoms. The summed E-state index contributed by atoms with van der Waals surface area (Å²) in [5, 5.41) is 7.72. The van der Waals surface area contributed by atoms with Crippen LogP contribution in [0.2, 0.25) is 0 Å². The Bertz CT molecular complexity index is 1000. The summed E-state index contributed by atoms with van der Waals surface area (Å²) in [5.74, 6) is 0.951. The monoisotopic (exact) mass is 424 g/mol. The van der Waals surface area contributed by atoms with E-state index in [1.165, 1.54) is 0 Å². The quantitative estimate of drug-likeness (QED) is 0.609. The van der Waals surface area contributed by atoms with E-state index >= 15 is 0 Å². The van der Waals surface area contributed by atoms with Crippen LogP contribution in [0, 0.1) is 6.92 Å². The predicted octanol–water partition coefficient (Wildman–Crippen LogP) is 2.72. The zero-order valence-corrected chi connectivity index (χ0v) is 17.6. The molecule has 3 heterocycles. The summed E-state index contributed by atoms with van der Waals surface area (Å²) in [5.41, 5.74) is 1.82. The first kappa shape index (κ1) is 20.3. The van der Waals surface area contributed by atoms with Gasteiger partial charge in [-0.1, -0.05) is 36.4 Å². The average molecular weight is 425 g/mol. The van der Waals surface area contributed by atoms with Gasteiger partial charge in [0, 0.05) is 19.6 Å². The molecule has 1 saturated heterocycles. The Morgan fingerprint density at radius 3 is 2.90 bits per heavy atom. The predicted molar refractivity (Wildman–Crippen MR) is 115 cm³/mol. The first-order valence-corrected chi connectivity index (χ1v) is 10.8. The highest BCUT2D eigenvalue weighted by Crippen LogP contribution is 2.25. The Balaban J connectivity index is 1.36. The molecule has 7 nitrogen and oxygen atoms in total. The van der Waals surface area contributed by atoms with E-state index in [1.54, 1.807) is 11.3 Å². The Morgan fingerprint density at radius 1 is 1.30 bits per heavy atom. The summed E-state index contributed by atoms with van der Waals surface area (Å²) in [6, 6.07) is 13.4. The molecule has 1 fully saturated rings. The zero-order valence-electron chi connectivity index (χ0n) is 16.8. The van der Waals surface area contributed by atoms with Gasteiger partial charge in [-0.25, -0.2) is 4.98 Å². The van der Waals surface area contributed by atoms with Gasteiger partial charge < -0.3 is 15.1 Å². The van der Waals surface area contributed by atoms with E-state index < -0.39 is 6.04 Å². The van der Waals surface area contributed by atoms with Crippen LogP contribution >= 0.6 is 11.3 Å². The molecule has 3 aromatic rings. The second-order valence-corrected chi connectivity index (χ2v) is 8.19. The topological polar surface area (TPSA) is 87.5 Å². The minimum Gasteiger partial charge on any atom is -0.440 e. The Labute approximate surface area is 179 Å². The van der Waals surface area contributed by atoms with Crippen LogP contribution in [0.5, 0.6) is 0 Å². The number of benzene rings is 1. The second kappa shape index (κ2) is 9.23. The fourth-order valence-electron chi connectivity index (χ4n) is 3.52. The number of hydrogen-bond donors (Lipinski definition) is 2. The largest absolute Gasteiger partial charge is 0.440 e. The maximum Gasteiger partial charge on any atom is 0.237 e. The van der Waals surface area contributed by atoms with Crippen LogP contribution in [-0.4, -0.2) is 40.8 Å². The van der Waals surface area contributed by atoms with Crippen LogP contribution in [0.3, 0.4) is 0 Å². The molecule has 1 aliphatic rings. The number of carbonyl (C=O) groups excluding carboxylic acids is 2. The van der Waals surface area contributed by atoms with Crippen molar-refractivity contribution in [3.63, 3.8) is 0 Å². The van der Waals surface area contributed by atoms with Crippen LogP contribution in [-0.2, 0) is 22.7 Å². The van der Waals surface area contributed by atoms with Crippen molar-refractivity contribution >= 4 is 23.2 Å². The van der Waals surface area contributed by atoms with Crippen molar-refractivity contribution in [2.75, 3.05) is 13.1 Å². The van der Waals surface area contributed by atoms with E-state index in [9.17, 15) is 9.59 Å². The molecule has 1 aromatic carbocycles. The molecule has 1 atom stereocenters. The first-order valence-electron chi connectivity index (χ1n) is 9.92. The molecule has 0 bridgehead atoms. The van der Waals surface area contributed by atoms with Gasteiger partial charge in [-0.3, -0.25) is 14.5 Å². The van der Waals surface area contributed by atoms with Crippen molar-refractivity contribution in [1.29, 1.82) is 0 Å². The fraction of sp³-hybridized carbons (Fsp3) is 0.318. The Hall–Kier alpha value is -2.97. The smallest absolute Gasteiger partial charge is 0.237 e.